The Bertz CT molecular complexity index is 1120. The van der Waals surface area contributed by atoms with Gasteiger partial charge < -0.3 is 9.26 Å². The lowest BCUT2D eigenvalue weighted by Crippen LogP contribution is -2.35. The van der Waals surface area contributed by atoms with Crippen molar-refractivity contribution in [1.29, 1.82) is 0 Å². The largest absolute Gasteiger partial charge is 0.487 e. The molecule has 5 rings (SSSR count). The topological polar surface area (TPSA) is 73.9 Å². The number of hydrogen-bond donors (Lipinski definition) is 0. The quantitative estimate of drug-likeness (QED) is 0.461. The van der Waals surface area contributed by atoms with Crippen LogP contribution in [-0.4, -0.2) is 20.1 Å². The molecule has 2 aromatic carbocycles. The van der Waals surface area contributed by atoms with Crippen molar-refractivity contribution in [3.63, 3.8) is 0 Å². The van der Waals surface area contributed by atoms with Crippen LogP contribution in [0.25, 0.3) is 11.6 Å². The molecule has 0 aliphatic heterocycles. The van der Waals surface area contributed by atoms with E-state index in [1.165, 1.54) is 42.3 Å². The number of rotatable bonds is 6. The molecule has 0 bridgehead atoms. The Morgan fingerprint density at radius 3 is 2.27 bits per heavy atom. The van der Waals surface area contributed by atoms with Gasteiger partial charge in [-0.05, 0) is 49.1 Å². The molecule has 0 atom stereocenters. The van der Waals surface area contributed by atoms with Crippen LogP contribution in [0.3, 0.4) is 0 Å². The molecule has 30 heavy (non-hydrogen) atoms. The number of hydrogen-bond acceptors (Lipinski definition) is 6. The van der Waals surface area contributed by atoms with Gasteiger partial charge in [0.25, 0.3) is 0 Å². The lowest BCUT2D eigenvalue weighted by atomic mass is 9.60. The van der Waals surface area contributed by atoms with Crippen LogP contribution in [0.4, 0.5) is 0 Å². The maximum Gasteiger partial charge on any atom is 0.239 e. The zero-order valence-corrected chi connectivity index (χ0v) is 16.8. The van der Waals surface area contributed by atoms with Crippen molar-refractivity contribution >= 4 is 0 Å². The van der Waals surface area contributed by atoms with Crippen molar-refractivity contribution in [3.8, 4) is 17.4 Å². The number of ether oxygens (including phenoxy) is 1. The van der Waals surface area contributed by atoms with Crippen LogP contribution in [0.1, 0.15) is 41.6 Å². The van der Waals surface area contributed by atoms with Crippen LogP contribution < -0.4 is 4.74 Å². The molecule has 2 heterocycles. The van der Waals surface area contributed by atoms with Crippen LogP contribution >= 0.6 is 0 Å². The smallest absolute Gasteiger partial charge is 0.239 e. The molecule has 0 radical (unpaired) electrons. The predicted molar refractivity (Wildman–Crippen MR) is 112 cm³/mol. The summed E-state index contributed by atoms with van der Waals surface area (Å²) in [6, 6.07) is 19.3. The van der Waals surface area contributed by atoms with Gasteiger partial charge in [0.1, 0.15) is 12.4 Å². The van der Waals surface area contributed by atoms with Gasteiger partial charge >= 0.3 is 0 Å². The molecule has 2 aromatic heterocycles. The van der Waals surface area contributed by atoms with Gasteiger partial charge in [-0.15, -0.1) is 0 Å². The van der Waals surface area contributed by atoms with Gasteiger partial charge in [0, 0.05) is 11.6 Å². The molecule has 1 aliphatic carbocycles. The third kappa shape index (κ3) is 3.45. The fourth-order valence-corrected chi connectivity index (χ4v) is 4.03. The van der Waals surface area contributed by atoms with E-state index < -0.39 is 0 Å². The molecule has 150 valence electrons. The molecule has 6 heteroatoms. The Kier molecular flexibility index (Phi) is 4.75. The number of benzene rings is 2. The van der Waals surface area contributed by atoms with E-state index in [2.05, 4.69) is 63.4 Å². The Morgan fingerprint density at radius 2 is 1.63 bits per heavy atom. The standard InChI is InChI=1S/C24H22N4O2/c1-17-3-5-18(6-4-17)24(12-2-13-24)19-7-9-21(10-8-19)29-15-20-11-14-25-22(27-20)23-26-16-30-28-23/h3-11,14,16H,2,12-13,15H2,1H3. The summed E-state index contributed by atoms with van der Waals surface area (Å²) in [7, 11) is 0. The monoisotopic (exact) mass is 398 g/mol. The molecule has 0 saturated heterocycles. The van der Waals surface area contributed by atoms with Gasteiger partial charge in [0.2, 0.25) is 18.0 Å². The van der Waals surface area contributed by atoms with Crippen LogP contribution in [0, 0.1) is 6.92 Å². The van der Waals surface area contributed by atoms with Crippen molar-refractivity contribution in [1.82, 2.24) is 20.1 Å². The zero-order chi connectivity index (χ0) is 20.4. The SMILES string of the molecule is Cc1ccc(C2(c3ccc(OCc4ccnc(-c5ncon5)n4)cc3)CCC2)cc1. The summed E-state index contributed by atoms with van der Waals surface area (Å²) in [5.41, 5.74) is 4.95. The molecule has 6 nitrogen and oxygen atoms in total. The predicted octanol–water partition coefficient (Wildman–Crippen LogP) is 4.88. The first kappa shape index (κ1) is 18.5. The Labute approximate surface area is 175 Å². The highest BCUT2D eigenvalue weighted by Gasteiger charge is 2.40. The van der Waals surface area contributed by atoms with E-state index in [1.807, 2.05) is 18.2 Å². The van der Waals surface area contributed by atoms with E-state index in [0.717, 1.165) is 11.4 Å². The lowest BCUT2D eigenvalue weighted by Gasteiger charge is -2.43. The summed E-state index contributed by atoms with van der Waals surface area (Å²) < 4.78 is 10.7. The third-order valence-electron chi connectivity index (χ3n) is 5.88. The van der Waals surface area contributed by atoms with Crippen molar-refractivity contribution in [2.24, 2.45) is 0 Å². The number of aryl methyl sites for hydroxylation is 1. The Balaban J connectivity index is 1.30. The second-order valence-corrected chi connectivity index (χ2v) is 7.74. The minimum absolute atomic E-state index is 0.137. The summed E-state index contributed by atoms with van der Waals surface area (Å²) >= 11 is 0. The molecule has 1 aliphatic rings. The minimum atomic E-state index is 0.137. The zero-order valence-electron chi connectivity index (χ0n) is 16.8. The average molecular weight is 398 g/mol. The van der Waals surface area contributed by atoms with Crippen LogP contribution in [-0.2, 0) is 12.0 Å². The molecule has 0 N–H and O–H groups in total. The van der Waals surface area contributed by atoms with Crippen molar-refractivity contribution < 1.29 is 9.26 Å². The molecular weight excluding hydrogens is 376 g/mol. The highest BCUT2D eigenvalue weighted by atomic mass is 16.5. The van der Waals surface area contributed by atoms with E-state index in [-0.39, 0.29) is 5.41 Å². The highest BCUT2D eigenvalue weighted by molar-refractivity contribution is 5.44. The summed E-state index contributed by atoms with van der Waals surface area (Å²) in [5.74, 6) is 1.60. The number of nitrogens with zero attached hydrogens (tertiary/aromatic N) is 4. The van der Waals surface area contributed by atoms with Gasteiger partial charge in [-0.25, -0.2) is 9.97 Å². The summed E-state index contributed by atoms with van der Waals surface area (Å²) in [6.07, 6.45) is 6.58. The summed E-state index contributed by atoms with van der Waals surface area (Å²) in [5, 5.41) is 3.77. The Morgan fingerprint density at radius 1 is 0.900 bits per heavy atom. The molecule has 4 aromatic rings. The molecule has 0 amide bonds. The maximum atomic E-state index is 5.95. The molecule has 0 spiro atoms. The van der Waals surface area contributed by atoms with Gasteiger partial charge in [0.15, 0.2) is 0 Å². The molecule has 1 saturated carbocycles. The van der Waals surface area contributed by atoms with E-state index in [1.54, 1.807) is 6.20 Å². The molecule has 1 fully saturated rings. The van der Waals surface area contributed by atoms with E-state index in [9.17, 15) is 0 Å². The number of aromatic nitrogens is 4. The normalized spacial score (nSPS) is 14.8. The summed E-state index contributed by atoms with van der Waals surface area (Å²) in [6.45, 7) is 2.47. The van der Waals surface area contributed by atoms with E-state index in [0.29, 0.717) is 18.3 Å². The first-order chi connectivity index (χ1) is 14.7. The van der Waals surface area contributed by atoms with E-state index >= 15 is 0 Å². The van der Waals surface area contributed by atoms with Crippen LogP contribution in [0.15, 0.2) is 71.7 Å². The first-order valence-electron chi connectivity index (χ1n) is 10.1. The Hall–Kier alpha value is -3.54. The minimum Gasteiger partial charge on any atom is -0.487 e. The van der Waals surface area contributed by atoms with E-state index in [4.69, 9.17) is 9.26 Å². The van der Waals surface area contributed by atoms with Crippen LogP contribution in [0.5, 0.6) is 5.75 Å². The van der Waals surface area contributed by atoms with Crippen molar-refractivity contribution in [3.05, 3.63) is 89.6 Å². The first-order valence-corrected chi connectivity index (χ1v) is 10.1. The fourth-order valence-electron chi connectivity index (χ4n) is 4.03. The second-order valence-electron chi connectivity index (χ2n) is 7.74. The van der Waals surface area contributed by atoms with Gasteiger partial charge in [-0.1, -0.05) is 53.5 Å². The van der Waals surface area contributed by atoms with Gasteiger partial charge in [0.05, 0.1) is 5.69 Å². The van der Waals surface area contributed by atoms with Crippen LogP contribution in [0.2, 0.25) is 0 Å². The van der Waals surface area contributed by atoms with Crippen molar-refractivity contribution in [2.45, 2.75) is 38.2 Å². The lowest BCUT2D eigenvalue weighted by molar-refractivity contribution is 0.294. The van der Waals surface area contributed by atoms with Gasteiger partial charge in [-0.2, -0.15) is 4.98 Å². The van der Waals surface area contributed by atoms with Gasteiger partial charge in [-0.3, -0.25) is 0 Å². The van der Waals surface area contributed by atoms with Crippen molar-refractivity contribution in [2.75, 3.05) is 0 Å². The second kappa shape index (κ2) is 7.71. The summed E-state index contributed by atoms with van der Waals surface area (Å²) in [4.78, 5) is 12.6. The highest BCUT2D eigenvalue weighted by Crippen LogP contribution is 2.49. The molecule has 0 unspecified atom stereocenters. The average Bonchev–Trinajstić information content (AvgIpc) is 3.29. The fraction of sp³-hybridized carbons (Fsp3) is 0.250. The maximum absolute atomic E-state index is 5.95. The third-order valence-corrected chi connectivity index (χ3v) is 5.88. The molecular formula is C24H22N4O2.